The molecule has 1 aliphatic carbocycles. The summed E-state index contributed by atoms with van der Waals surface area (Å²) in [5.74, 6) is 0.859. The summed E-state index contributed by atoms with van der Waals surface area (Å²) in [6.45, 7) is 0.485. The summed E-state index contributed by atoms with van der Waals surface area (Å²) >= 11 is 6.15. The normalized spacial score (nSPS) is 15.8. The molecular formula is C38H26I2N2O2S. The Morgan fingerprint density at radius 3 is 2.44 bits per heavy atom. The van der Waals surface area contributed by atoms with E-state index in [1.807, 2.05) is 16.7 Å². The van der Waals surface area contributed by atoms with Gasteiger partial charge in [-0.15, -0.1) is 0 Å². The van der Waals surface area contributed by atoms with E-state index in [0.717, 1.165) is 52.9 Å². The summed E-state index contributed by atoms with van der Waals surface area (Å²) in [6.07, 6.45) is 3.83. The Bertz CT molecular complexity index is 2310. The van der Waals surface area contributed by atoms with Crippen LogP contribution in [0.4, 0.5) is 0 Å². The lowest BCUT2D eigenvalue weighted by Crippen LogP contribution is -2.38. The van der Waals surface area contributed by atoms with Crippen LogP contribution in [-0.2, 0) is 13.0 Å². The van der Waals surface area contributed by atoms with E-state index in [4.69, 9.17) is 9.73 Å². The molecule has 6 aromatic rings. The highest BCUT2D eigenvalue weighted by molar-refractivity contribution is 14.1. The standard InChI is InChI=1S/C38H26I2N2O2S/c39-31-19-23(20-32(40)36(31)44-22-27-14-8-13-24-9-4-6-15-28(24)27)21-33-37(43)42-35(26-11-2-1-3-12-26)30-18-17-25-10-5-7-16-29(25)34(30)41-38(42)45-33/h1-16,19-21,35H,17-18,22H2/b33-21-/t35-/m0/s1. The van der Waals surface area contributed by atoms with Gasteiger partial charge in [0.15, 0.2) is 4.80 Å². The minimum Gasteiger partial charge on any atom is -0.487 e. The molecule has 8 rings (SSSR count). The van der Waals surface area contributed by atoms with Gasteiger partial charge in [-0.25, -0.2) is 4.99 Å². The van der Waals surface area contributed by atoms with Gasteiger partial charge in [0.1, 0.15) is 12.4 Å². The molecule has 220 valence electrons. The van der Waals surface area contributed by atoms with Gasteiger partial charge in [0.05, 0.1) is 23.4 Å². The van der Waals surface area contributed by atoms with Crippen LogP contribution in [0.25, 0.3) is 22.5 Å². The number of allylic oxidation sites excluding steroid dienone is 1. The summed E-state index contributed by atoms with van der Waals surface area (Å²) in [6, 6.07) is 37.6. The number of halogens is 2. The van der Waals surface area contributed by atoms with Crippen LogP contribution in [0.3, 0.4) is 0 Å². The number of benzene rings is 5. The van der Waals surface area contributed by atoms with Crippen molar-refractivity contribution in [3.05, 3.63) is 169 Å². The first kappa shape index (κ1) is 28.9. The molecule has 1 atom stereocenters. The molecule has 0 unspecified atom stereocenters. The van der Waals surface area contributed by atoms with Crippen molar-refractivity contribution in [2.24, 2.45) is 4.99 Å². The van der Waals surface area contributed by atoms with Crippen molar-refractivity contribution >= 4 is 79.1 Å². The molecule has 1 aromatic heterocycles. The first-order valence-electron chi connectivity index (χ1n) is 14.8. The van der Waals surface area contributed by atoms with E-state index in [1.165, 1.54) is 38.8 Å². The smallest absolute Gasteiger partial charge is 0.271 e. The lowest BCUT2D eigenvalue weighted by atomic mass is 9.83. The number of nitrogens with zero attached hydrogens (tertiary/aromatic N) is 2. The zero-order valence-electron chi connectivity index (χ0n) is 24.0. The highest BCUT2D eigenvalue weighted by Gasteiger charge is 2.32. The Kier molecular flexibility index (Phi) is 7.71. The molecule has 0 amide bonds. The van der Waals surface area contributed by atoms with Crippen molar-refractivity contribution in [2.75, 3.05) is 0 Å². The zero-order valence-corrected chi connectivity index (χ0v) is 29.2. The Balaban J connectivity index is 1.18. The van der Waals surface area contributed by atoms with Gasteiger partial charge in [0, 0.05) is 5.56 Å². The first-order valence-corrected chi connectivity index (χ1v) is 17.8. The average Bonchev–Trinajstić information content (AvgIpc) is 3.37. The van der Waals surface area contributed by atoms with Crippen LogP contribution in [-0.4, -0.2) is 4.57 Å². The van der Waals surface area contributed by atoms with Crippen molar-refractivity contribution in [3.8, 4) is 5.75 Å². The molecule has 0 saturated heterocycles. The molecular weight excluding hydrogens is 802 g/mol. The third kappa shape index (κ3) is 5.28. The highest BCUT2D eigenvalue weighted by atomic mass is 127. The topological polar surface area (TPSA) is 43.6 Å². The minimum atomic E-state index is -0.168. The van der Waals surface area contributed by atoms with Crippen molar-refractivity contribution < 1.29 is 4.74 Å². The van der Waals surface area contributed by atoms with Gasteiger partial charge in [-0.05, 0) is 115 Å². The van der Waals surface area contributed by atoms with Crippen molar-refractivity contribution in [1.82, 2.24) is 4.57 Å². The molecule has 2 aliphatic rings. The summed E-state index contributed by atoms with van der Waals surface area (Å²) in [5, 5.41) is 2.41. The van der Waals surface area contributed by atoms with E-state index in [9.17, 15) is 4.79 Å². The van der Waals surface area contributed by atoms with Gasteiger partial charge in [-0.1, -0.05) is 108 Å². The lowest BCUT2D eigenvalue weighted by Gasteiger charge is -2.30. The molecule has 0 spiro atoms. The second-order valence-electron chi connectivity index (χ2n) is 11.3. The first-order chi connectivity index (χ1) is 22.0. The van der Waals surface area contributed by atoms with Crippen LogP contribution in [0.2, 0.25) is 0 Å². The van der Waals surface area contributed by atoms with Gasteiger partial charge in [0.2, 0.25) is 0 Å². The number of hydrogen-bond donors (Lipinski definition) is 0. The van der Waals surface area contributed by atoms with Gasteiger partial charge < -0.3 is 4.74 Å². The van der Waals surface area contributed by atoms with Crippen molar-refractivity contribution in [2.45, 2.75) is 25.5 Å². The van der Waals surface area contributed by atoms with E-state index in [1.54, 1.807) is 0 Å². The van der Waals surface area contributed by atoms with Gasteiger partial charge in [0.25, 0.3) is 5.56 Å². The fourth-order valence-electron chi connectivity index (χ4n) is 6.48. The second-order valence-corrected chi connectivity index (χ2v) is 14.6. The van der Waals surface area contributed by atoms with E-state index in [2.05, 4.69) is 148 Å². The summed E-state index contributed by atoms with van der Waals surface area (Å²) in [7, 11) is 0. The van der Waals surface area contributed by atoms with Crippen LogP contribution in [0.15, 0.2) is 125 Å². The maximum absolute atomic E-state index is 14.2. The second kappa shape index (κ2) is 12.0. The Hall–Kier alpha value is -3.54. The number of aromatic nitrogens is 1. The van der Waals surface area contributed by atoms with Gasteiger partial charge in [-0.2, -0.15) is 0 Å². The Morgan fingerprint density at radius 1 is 0.867 bits per heavy atom. The maximum atomic E-state index is 14.2. The van der Waals surface area contributed by atoms with E-state index in [0.29, 0.717) is 11.1 Å². The third-order valence-corrected chi connectivity index (χ3v) is 11.1. The number of ether oxygens (including phenoxy) is 1. The van der Waals surface area contributed by atoms with Crippen molar-refractivity contribution in [1.29, 1.82) is 0 Å². The molecule has 0 radical (unpaired) electrons. The van der Waals surface area contributed by atoms with E-state index >= 15 is 0 Å². The maximum Gasteiger partial charge on any atom is 0.271 e. The van der Waals surface area contributed by atoms with Gasteiger partial charge in [-0.3, -0.25) is 9.36 Å². The average molecular weight is 829 g/mol. The molecule has 0 N–H and O–H groups in total. The molecule has 0 saturated carbocycles. The summed E-state index contributed by atoms with van der Waals surface area (Å²) in [5.41, 5.74) is 7.98. The van der Waals surface area contributed by atoms with E-state index < -0.39 is 0 Å². The summed E-state index contributed by atoms with van der Waals surface area (Å²) < 4.78 is 11.0. The predicted octanol–water partition coefficient (Wildman–Crippen LogP) is 8.26. The molecule has 7 heteroatoms. The molecule has 0 bridgehead atoms. The van der Waals surface area contributed by atoms with Crippen LogP contribution in [0.5, 0.6) is 5.75 Å². The fraction of sp³-hybridized carbons (Fsp3) is 0.105. The van der Waals surface area contributed by atoms with Crippen LogP contribution < -0.4 is 19.6 Å². The van der Waals surface area contributed by atoms with Crippen LogP contribution in [0.1, 0.15) is 40.3 Å². The summed E-state index contributed by atoms with van der Waals surface area (Å²) in [4.78, 5) is 20.1. The monoisotopic (exact) mass is 828 g/mol. The predicted molar refractivity (Wildman–Crippen MR) is 199 cm³/mol. The van der Waals surface area contributed by atoms with Crippen LogP contribution in [0, 0.1) is 7.14 Å². The fourth-order valence-corrected chi connectivity index (χ4v) is 9.61. The number of fused-ring (bicyclic) bond motifs is 4. The number of thiazole rings is 1. The third-order valence-electron chi connectivity index (χ3n) is 8.56. The SMILES string of the molecule is O=c1/c(=C/c2cc(I)c(OCc3cccc4ccccc34)c(I)c2)sc2n1[C@@H](c1ccccc1)C1=C(N=2)c2ccccc2CC1. The molecule has 4 nitrogen and oxygen atoms in total. The van der Waals surface area contributed by atoms with Crippen molar-refractivity contribution in [3.63, 3.8) is 0 Å². The van der Waals surface area contributed by atoms with E-state index in [-0.39, 0.29) is 11.6 Å². The number of hydrogen-bond acceptors (Lipinski definition) is 4. The molecule has 2 heterocycles. The lowest BCUT2D eigenvalue weighted by molar-refractivity contribution is 0.303. The Morgan fingerprint density at radius 2 is 1.60 bits per heavy atom. The number of aryl methyl sites for hydroxylation is 1. The molecule has 0 fully saturated rings. The molecule has 5 aromatic carbocycles. The molecule has 1 aliphatic heterocycles. The largest absolute Gasteiger partial charge is 0.487 e. The molecule has 45 heavy (non-hydrogen) atoms. The number of rotatable bonds is 5. The Labute approximate surface area is 291 Å². The highest BCUT2D eigenvalue weighted by Crippen LogP contribution is 2.41. The minimum absolute atomic E-state index is 0.000639. The van der Waals surface area contributed by atoms with Gasteiger partial charge >= 0.3 is 0 Å². The zero-order chi connectivity index (χ0) is 30.5. The quantitative estimate of drug-likeness (QED) is 0.165. The van der Waals surface area contributed by atoms with Crippen LogP contribution >= 0.6 is 56.5 Å².